The minimum absolute atomic E-state index is 0.206. The molecule has 21 heavy (non-hydrogen) atoms. The smallest absolute Gasteiger partial charge is 0.252 e. The van der Waals surface area contributed by atoms with Crippen LogP contribution < -0.4 is 15.8 Å². The lowest BCUT2D eigenvalue weighted by Crippen LogP contribution is -2.26. The number of methoxy groups -OCH3 is 1. The summed E-state index contributed by atoms with van der Waals surface area (Å²) in [5.41, 5.74) is 7.66. The van der Waals surface area contributed by atoms with Crippen molar-refractivity contribution in [1.82, 2.24) is 5.32 Å². The Morgan fingerprint density at radius 1 is 1.29 bits per heavy atom. The number of nitrogens with two attached hydrogens (primary N) is 1. The van der Waals surface area contributed by atoms with Crippen molar-refractivity contribution in [2.45, 2.75) is 6.42 Å². The van der Waals surface area contributed by atoms with E-state index in [1.807, 2.05) is 24.3 Å². The van der Waals surface area contributed by atoms with Crippen molar-refractivity contribution in [3.8, 4) is 5.75 Å². The SMILES string of the molecule is COc1cccc(CCNC(=O)c2ccc(N)cc2Cl)c1. The highest BCUT2D eigenvalue weighted by molar-refractivity contribution is 6.34. The van der Waals surface area contributed by atoms with E-state index in [4.69, 9.17) is 22.1 Å². The molecule has 0 atom stereocenters. The number of carbonyl (C=O) groups is 1. The summed E-state index contributed by atoms with van der Waals surface area (Å²) in [6.45, 7) is 0.521. The quantitative estimate of drug-likeness (QED) is 0.835. The van der Waals surface area contributed by atoms with Crippen LogP contribution in [0.3, 0.4) is 0 Å². The van der Waals surface area contributed by atoms with Crippen LogP contribution in [0.4, 0.5) is 5.69 Å². The maximum absolute atomic E-state index is 12.0. The number of hydrogen-bond acceptors (Lipinski definition) is 3. The van der Waals surface area contributed by atoms with Gasteiger partial charge in [-0.1, -0.05) is 23.7 Å². The van der Waals surface area contributed by atoms with Gasteiger partial charge in [0, 0.05) is 12.2 Å². The molecule has 2 aromatic rings. The van der Waals surface area contributed by atoms with Crippen LogP contribution in [-0.4, -0.2) is 19.6 Å². The summed E-state index contributed by atoms with van der Waals surface area (Å²) in [4.78, 5) is 12.0. The number of anilines is 1. The number of carbonyl (C=O) groups excluding carboxylic acids is 1. The third kappa shape index (κ3) is 4.13. The highest BCUT2D eigenvalue weighted by Crippen LogP contribution is 2.19. The second-order valence-electron chi connectivity index (χ2n) is 4.60. The van der Waals surface area contributed by atoms with Gasteiger partial charge in [0.25, 0.3) is 5.91 Å². The molecule has 0 aliphatic heterocycles. The minimum Gasteiger partial charge on any atom is -0.497 e. The van der Waals surface area contributed by atoms with E-state index in [-0.39, 0.29) is 5.91 Å². The zero-order chi connectivity index (χ0) is 15.2. The van der Waals surface area contributed by atoms with Crippen LogP contribution >= 0.6 is 11.6 Å². The van der Waals surface area contributed by atoms with Crippen molar-refractivity contribution < 1.29 is 9.53 Å². The predicted octanol–water partition coefficient (Wildman–Crippen LogP) is 2.90. The van der Waals surface area contributed by atoms with E-state index in [2.05, 4.69) is 5.32 Å². The van der Waals surface area contributed by atoms with Crippen molar-refractivity contribution in [3.63, 3.8) is 0 Å². The molecular formula is C16H17ClN2O2. The highest BCUT2D eigenvalue weighted by atomic mass is 35.5. The number of ether oxygens (including phenoxy) is 1. The zero-order valence-corrected chi connectivity index (χ0v) is 12.5. The zero-order valence-electron chi connectivity index (χ0n) is 11.7. The Bertz CT molecular complexity index is 644. The number of benzene rings is 2. The second kappa shape index (κ2) is 6.99. The number of amides is 1. The molecule has 0 heterocycles. The van der Waals surface area contributed by atoms with E-state index in [1.165, 1.54) is 0 Å². The molecule has 0 radical (unpaired) electrons. The first-order chi connectivity index (χ1) is 10.1. The van der Waals surface area contributed by atoms with Gasteiger partial charge in [0.2, 0.25) is 0 Å². The molecule has 5 heteroatoms. The first-order valence-electron chi connectivity index (χ1n) is 6.56. The first-order valence-corrected chi connectivity index (χ1v) is 6.94. The van der Waals surface area contributed by atoms with Crippen LogP contribution in [0.2, 0.25) is 5.02 Å². The molecule has 3 N–H and O–H groups in total. The Morgan fingerprint density at radius 3 is 2.81 bits per heavy atom. The third-order valence-corrected chi connectivity index (χ3v) is 3.38. The number of hydrogen-bond donors (Lipinski definition) is 2. The van der Waals surface area contributed by atoms with Crippen molar-refractivity contribution in [1.29, 1.82) is 0 Å². The molecule has 2 rings (SSSR count). The summed E-state index contributed by atoms with van der Waals surface area (Å²) >= 11 is 6.00. The Morgan fingerprint density at radius 2 is 2.10 bits per heavy atom. The summed E-state index contributed by atoms with van der Waals surface area (Å²) < 4.78 is 5.16. The molecule has 0 saturated carbocycles. The molecule has 0 aliphatic carbocycles. The van der Waals surface area contributed by atoms with Crippen molar-refractivity contribution >= 4 is 23.2 Å². The van der Waals surface area contributed by atoms with Crippen LogP contribution in [0.1, 0.15) is 15.9 Å². The van der Waals surface area contributed by atoms with E-state index in [9.17, 15) is 4.79 Å². The molecule has 0 spiro atoms. The largest absolute Gasteiger partial charge is 0.497 e. The lowest BCUT2D eigenvalue weighted by Gasteiger charge is -2.08. The second-order valence-corrected chi connectivity index (χ2v) is 5.00. The lowest BCUT2D eigenvalue weighted by atomic mass is 10.1. The predicted molar refractivity (Wildman–Crippen MR) is 84.9 cm³/mol. The Labute approximate surface area is 128 Å². The molecule has 2 aromatic carbocycles. The molecule has 0 bridgehead atoms. The maximum Gasteiger partial charge on any atom is 0.252 e. The number of nitrogens with one attached hydrogen (secondary N) is 1. The molecule has 0 fully saturated rings. The fourth-order valence-electron chi connectivity index (χ4n) is 1.96. The average Bonchev–Trinajstić information content (AvgIpc) is 2.47. The van der Waals surface area contributed by atoms with Crippen LogP contribution in [0.25, 0.3) is 0 Å². The van der Waals surface area contributed by atoms with Gasteiger partial charge >= 0.3 is 0 Å². The molecule has 4 nitrogen and oxygen atoms in total. The average molecular weight is 305 g/mol. The van der Waals surface area contributed by atoms with Gasteiger partial charge in [-0.05, 0) is 42.3 Å². The van der Waals surface area contributed by atoms with Crippen molar-refractivity contribution in [2.24, 2.45) is 0 Å². The van der Waals surface area contributed by atoms with Crippen molar-refractivity contribution in [3.05, 3.63) is 58.6 Å². The summed E-state index contributed by atoms with van der Waals surface area (Å²) in [5.74, 6) is 0.600. The van der Waals surface area contributed by atoms with E-state index < -0.39 is 0 Å². The van der Waals surface area contributed by atoms with E-state index in [0.717, 1.165) is 17.7 Å². The molecule has 0 saturated heterocycles. The summed E-state index contributed by atoms with van der Waals surface area (Å²) in [5, 5.41) is 3.20. The van der Waals surface area contributed by atoms with Gasteiger partial charge in [-0.25, -0.2) is 0 Å². The van der Waals surface area contributed by atoms with Crippen LogP contribution in [0, 0.1) is 0 Å². The van der Waals surface area contributed by atoms with E-state index in [1.54, 1.807) is 25.3 Å². The molecule has 0 aromatic heterocycles. The molecule has 1 amide bonds. The number of rotatable bonds is 5. The van der Waals surface area contributed by atoms with Crippen LogP contribution in [-0.2, 0) is 6.42 Å². The van der Waals surface area contributed by atoms with Gasteiger partial charge in [0.05, 0.1) is 17.7 Å². The van der Waals surface area contributed by atoms with Gasteiger partial charge in [0.1, 0.15) is 5.75 Å². The van der Waals surface area contributed by atoms with E-state index in [0.29, 0.717) is 22.8 Å². The first kappa shape index (κ1) is 15.2. The summed E-state index contributed by atoms with van der Waals surface area (Å²) in [6, 6.07) is 12.6. The maximum atomic E-state index is 12.0. The van der Waals surface area contributed by atoms with Gasteiger partial charge in [-0.3, -0.25) is 4.79 Å². The van der Waals surface area contributed by atoms with Gasteiger partial charge in [-0.15, -0.1) is 0 Å². The van der Waals surface area contributed by atoms with E-state index >= 15 is 0 Å². The number of halogens is 1. The van der Waals surface area contributed by atoms with Gasteiger partial charge in [0.15, 0.2) is 0 Å². The summed E-state index contributed by atoms with van der Waals surface area (Å²) in [6.07, 6.45) is 0.718. The topological polar surface area (TPSA) is 64.3 Å². The fourth-order valence-corrected chi connectivity index (χ4v) is 2.23. The normalized spacial score (nSPS) is 10.2. The molecule has 0 aliphatic rings. The third-order valence-electron chi connectivity index (χ3n) is 3.07. The van der Waals surface area contributed by atoms with Gasteiger partial charge in [-0.2, -0.15) is 0 Å². The van der Waals surface area contributed by atoms with Gasteiger partial charge < -0.3 is 15.8 Å². The monoisotopic (exact) mass is 304 g/mol. The molecule has 0 unspecified atom stereocenters. The van der Waals surface area contributed by atoms with Crippen LogP contribution in [0.15, 0.2) is 42.5 Å². The number of nitrogen functional groups attached to an aromatic ring is 1. The standard InChI is InChI=1S/C16H17ClN2O2/c1-21-13-4-2-3-11(9-13)7-8-19-16(20)14-6-5-12(18)10-15(14)17/h2-6,9-10H,7-8,18H2,1H3,(H,19,20). The Hall–Kier alpha value is -2.20. The lowest BCUT2D eigenvalue weighted by molar-refractivity contribution is 0.0954. The Kier molecular flexibility index (Phi) is 5.06. The fraction of sp³-hybridized carbons (Fsp3) is 0.188. The summed E-state index contributed by atoms with van der Waals surface area (Å²) in [7, 11) is 1.63. The van der Waals surface area contributed by atoms with Crippen LogP contribution in [0.5, 0.6) is 5.75 Å². The molecule has 110 valence electrons. The highest BCUT2D eigenvalue weighted by Gasteiger charge is 2.09. The van der Waals surface area contributed by atoms with Crippen molar-refractivity contribution in [2.75, 3.05) is 19.4 Å². The minimum atomic E-state index is -0.206. The molecular weight excluding hydrogens is 288 g/mol. The Balaban J connectivity index is 1.92.